The van der Waals surface area contributed by atoms with Crippen LogP contribution >= 0.6 is 0 Å². The first-order chi connectivity index (χ1) is 36.2. The minimum absolute atomic E-state index is 0.0129. The smallest absolute Gasteiger partial charge is 0.144 e. The monoisotopic (exact) mass is 859 g/mol. The summed E-state index contributed by atoms with van der Waals surface area (Å²) in [5, 5.41) is 5.96. The minimum Gasteiger partial charge on any atom is -0.455 e. The van der Waals surface area contributed by atoms with Gasteiger partial charge in [0, 0.05) is 44.8 Å². The molecule has 3 heterocycles. The lowest BCUT2D eigenvalue weighted by molar-refractivity contribution is 0.600. The fourth-order valence-electron chi connectivity index (χ4n) is 9.86. The van der Waals surface area contributed by atoms with Crippen molar-refractivity contribution in [2.24, 2.45) is 0 Å². The molecule has 0 aliphatic rings. The number of rotatable bonds is 7. The van der Waals surface area contributed by atoms with Gasteiger partial charge >= 0.3 is 0 Å². The number of hydrogen-bond donors (Lipinski definition) is 0. The van der Waals surface area contributed by atoms with Crippen LogP contribution in [0.15, 0.2) is 247 Å². The Labute approximate surface area is 397 Å². The van der Waals surface area contributed by atoms with Crippen molar-refractivity contribution in [2.75, 3.05) is 0 Å². The predicted molar refractivity (Wildman–Crippen MR) is 280 cm³/mol. The highest BCUT2D eigenvalue weighted by molar-refractivity contribution is 6.23. The molecule has 3 nitrogen and oxygen atoms in total. The number of benzene rings is 10. The zero-order valence-electron chi connectivity index (χ0n) is 42.9. The molecule has 0 fully saturated rings. The Hall–Kier alpha value is -8.92. The summed E-state index contributed by atoms with van der Waals surface area (Å²) in [5.74, 6) is 1.53. The molecule has 0 aliphatic heterocycles. The number of furan rings is 1. The molecule has 13 aromatic rings. The number of aromatic nitrogens is 2. The van der Waals surface area contributed by atoms with Crippen LogP contribution in [-0.4, -0.2) is 9.97 Å². The second-order valence-electron chi connectivity index (χ2n) is 16.6. The lowest BCUT2D eigenvalue weighted by atomic mass is 9.85. The summed E-state index contributed by atoms with van der Waals surface area (Å²) < 4.78 is 68.4. The molecule has 312 valence electrons. The summed E-state index contributed by atoms with van der Waals surface area (Å²) in [6, 6.07) is 66.7. The van der Waals surface area contributed by atoms with Gasteiger partial charge in [-0.15, -0.1) is 0 Å². The predicted octanol–water partition coefficient (Wildman–Crippen LogP) is 17.5. The molecule has 0 unspecified atom stereocenters. The van der Waals surface area contributed by atoms with Crippen molar-refractivity contribution in [3.05, 3.63) is 243 Å². The SMILES string of the molecule is [2H]c1nc2c(c([2H])c1[2H])c([2H])c([2H])c1c([2H])c([2H])c(-c3ccc(-c4ccc(-c5c(-c6ccccc6)oc(-c6c7ccccc7c(-c7ccccc7)c7ccccc67)c5-c5ccccc5)cc4)c4ccccc34)nc12. The third kappa shape index (κ3) is 6.43. The Morgan fingerprint density at radius 1 is 0.328 bits per heavy atom. The normalized spacial score (nSPS) is 13.0. The van der Waals surface area contributed by atoms with Crippen molar-refractivity contribution in [3.63, 3.8) is 0 Å². The van der Waals surface area contributed by atoms with E-state index in [-0.39, 0.29) is 45.6 Å². The molecular weight excluding hydrogens is 813 g/mol. The van der Waals surface area contributed by atoms with E-state index in [4.69, 9.17) is 17.6 Å². The maximum atomic E-state index is 9.22. The van der Waals surface area contributed by atoms with Gasteiger partial charge in [-0.25, -0.2) is 4.98 Å². The number of pyridine rings is 2. The van der Waals surface area contributed by atoms with Crippen LogP contribution in [0.1, 0.15) is 9.60 Å². The Morgan fingerprint density at radius 2 is 0.776 bits per heavy atom. The molecule has 0 amide bonds. The maximum absolute atomic E-state index is 9.22. The van der Waals surface area contributed by atoms with E-state index in [1.165, 1.54) is 5.56 Å². The molecule has 3 aromatic heterocycles. The highest BCUT2D eigenvalue weighted by Gasteiger charge is 2.28. The standard InChI is InChI=1S/C64H40N2O/c1-4-17-42(18-5-1)57-52-26-12-14-28-54(52)60(55-29-15-13-27-53(55)57)64-59(43-19-6-2-7-20-43)58(63(67-64)47-21-8-3-9-22-47)44-32-30-41(31-33-44)48-37-38-51(50-25-11-10-24-49(48)50)56-39-36-46-35-34-45-23-16-40-65-61(45)62(46)66-56/h1-40H/i16D,23D,34D,35D,36D,39D,40D. The van der Waals surface area contributed by atoms with E-state index in [1.54, 1.807) is 0 Å². The molecule has 0 aliphatic carbocycles. The number of fused-ring (bicyclic) bond motifs is 6. The molecule has 0 saturated carbocycles. The van der Waals surface area contributed by atoms with Gasteiger partial charge < -0.3 is 4.42 Å². The Bertz CT molecular complexity index is 4370. The summed E-state index contributed by atoms with van der Waals surface area (Å²) in [4.78, 5) is 9.14. The molecule has 0 spiro atoms. The van der Waals surface area contributed by atoms with Gasteiger partial charge in [0.2, 0.25) is 0 Å². The van der Waals surface area contributed by atoms with E-state index in [0.29, 0.717) is 5.56 Å². The summed E-state index contributed by atoms with van der Waals surface area (Å²) in [6.45, 7) is 0. The van der Waals surface area contributed by atoms with Crippen LogP contribution in [0, 0.1) is 0 Å². The quantitative estimate of drug-likeness (QED) is 0.118. The van der Waals surface area contributed by atoms with E-state index < -0.39 is 24.3 Å². The average Bonchev–Trinajstić information content (AvgIpc) is 3.87. The molecule has 0 bridgehead atoms. The van der Waals surface area contributed by atoms with Gasteiger partial charge in [-0.1, -0.05) is 224 Å². The van der Waals surface area contributed by atoms with Crippen LogP contribution < -0.4 is 0 Å². The Kier molecular flexibility index (Phi) is 7.58. The Morgan fingerprint density at radius 3 is 1.40 bits per heavy atom. The van der Waals surface area contributed by atoms with Crippen molar-refractivity contribution >= 4 is 54.1 Å². The number of hydrogen-bond acceptors (Lipinski definition) is 3. The van der Waals surface area contributed by atoms with Crippen LogP contribution in [0.5, 0.6) is 0 Å². The van der Waals surface area contributed by atoms with Crippen molar-refractivity contribution in [2.45, 2.75) is 0 Å². The van der Waals surface area contributed by atoms with Gasteiger partial charge in [0.25, 0.3) is 0 Å². The maximum Gasteiger partial charge on any atom is 0.144 e. The highest BCUT2D eigenvalue weighted by atomic mass is 16.3. The van der Waals surface area contributed by atoms with Gasteiger partial charge in [0.05, 0.1) is 26.3 Å². The molecule has 0 atom stereocenters. The number of nitrogens with zero attached hydrogens (tertiary/aromatic N) is 2. The van der Waals surface area contributed by atoms with Gasteiger partial charge in [-0.2, -0.15) is 0 Å². The van der Waals surface area contributed by atoms with Crippen LogP contribution in [0.2, 0.25) is 0 Å². The van der Waals surface area contributed by atoms with E-state index in [9.17, 15) is 1.37 Å². The second-order valence-corrected chi connectivity index (χ2v) is 16.6. The molecule has 0 saturated heterocycles. The average molecular weight is 860 g/mol. The van der Waals surface area contributed by atoms with Crippen molar-refractivity contribution < 1.29 is 14.0 Å². The van der Waals surface area contributed by atoms with E-state index in [1.807, 2.05) is 60.7 Å². The highest BCUT2D eigenvalue weighted by Crippen LogP contribution is 2.53. The van der Waals surface area contributed by atoms with Gasteiger partial charge in [-0.3, -0.25) is 4.98 Å². The van der Waals surface area contributed by atoms with Crippen molar-refractivity contribution in [1.29, 1.82) is 0 Å². The third-order valence-corrected chi connectivity index (χ3v) is 12.8. The molecule has 0 radical (unpaired) electrons. The van der Waals surface area contributed by atoms with E-state index in [0.717, 1.165) is 93.9 Å². The summed E-state index contributed by atoms with van der Waals surface area (Å²) in [6.07, 6.45) is -0.469. The largest absolute Gasteiger partial charge is 0.455 e. The van der Waals surface area contributed by atoms with Crippen molar-refractivity contribution in [3.8, 4) is 78.4 Å². The van der Waals surface area contributed by atoms with Gasteiger partial charge in [0.1, 0.15) is 11.5 Å². The fourth-order valence-corrected chi connectivity index (χ4v) is 9.86. The topological polar surface area (TPSA) is 38.9 Å². The van der Waals surface area contributed by atoms with Gasteiger partial charge in [0.15, 0.2) is 0 Å². The summed E-state index contributed by atoms with van der Waals surface area (Å²) >= 11 is 0. The van der Waals surface area contributed by atoms with Gasteiger partial charge in [-0.05, 0) is 77.8 Å². The lowest BCUT2D eigenvalue weighted by Gasteiger charge is -2.17. The van der Waals surface area contributed by atoms with Crippen LogP contribution in [0.4, 0.5) is 0 Å². The lowest BCUT2D eigenvalue weighted by Crippen LogP contribution is -1.92. The molecular formula is C64H40N2O. The fraction of sp³-hybridized carbons (Fsp3) is 0. The summed E-state index contributed by atoms with van der Waals surface area (Å²) in [7, 11) is 0. The first-order valence-corrected chi connectivity index (χ1v) is 22.2. The van der Waals surface area contributed by atoms with Crippen molar-refractivity contribution in [1.82, 2.24) is 9.97 Å². The molecule has 67 heavy (non-hydrogen) atoms. The third-order valence-electron chi connectivity index (χ3n) is 12.8. The second kappa shape index (κ2) is 16.0. The van der Waals surface area contributed by atoms with Crippen LogP contribution in [-0.2, 0) is 0 Å². The first kappa shape index (κ1) is 31.9. The Balaban J connectivity index is 1.01. The molecule has 3 heteroatoms. The zero-order chi connectivity index (χ0) is 50.4. The van der Waals surface area contributed by atoms with E-state index in [2.05, 4.69) is 145 Å². The zero-order valence-corrected chi connectivity index (χ0v) is 35.9. The molecule has 0 N–H and O–H groups in total. The van der Waals surface area contributed by atoms with Crippen LogP contribution in [0.25, 0.3) is 133 Å². The van der Waals surface area contributed by atoms with E-state index >= 15 is 0 Å². The van der Waals surface area contributed by atoms with Crippen LogP contribution in [0.3, 0.4) is 0 Å². The molecule has 10 aromatic carbocycles. The first-order valence-electron chi connectivity index (χ1n) is 25.7. The summed E-state index contributed by atoms with van der Waals surface area (Å²) in [5.41, 5.74) is 10.9. The molecule has 13 rings (SSSR count). The minimum atomic E-state index is -0.469.